The van der Waals surface area contributed by atoms with Gasteiger partial charge in [0.15, 0.2) is 0 Å². The van der Waals surface area contributed by atoms with Crippen molar-refractivity contribution in [3.05, 3.63) is 0 Å². The van der Waals surface area contributed by atoms with Crippen LogP contribution in [0.2, 0.25) is 0 Å². The summed E-state index contributed by atoms with van der Waals surface area (Å²) in [4.78, 5) is 9.44. The minimum absolute atomic E-state index is 0.167. The van der Waals surface area contributed by atoms with Crippen LogP contribution < -0.4 is 0 Å². The third kappa shape index (κ3) is 152. The van der Waals surface area contributed by atoms with E-state index in [2.05, 4.69) is 0 Å². The molecule has 1 nitrogen and oxygen atoms in total. The van der Waals surface area contributed by atoms with Crippen molar-refractivity contribution in [2.45, 2.75) is 13.8 Å². The molecular formula is C4H9FO. The van der Waals surface area contributed by atoms with Gasteiger partial charge in [0.25, 0.3) is 0 Å². The lowest BCUT2D eigenvalue weighted by Gasteiger charge is -1.56. The average Bonchev–Trinajstić information content (AvgIpc) is 1.41. The Morgan fingerprint density at radius 3 is 1.33 bits per heavy atom. The van der Waals surface area contributed by atoms with Crippen molar-refractivity contribution in [2.24, 2.45) is 0 Å². The van der Waals surface area contributed by atoms with Crippen LogP contribution in [0.4, 0.5) is 4.39 Å². The number of hydrogen-bond donors (Lipinski definition) is 0. The van der Waals surface area contributed by atoms with Crippen LogP contribution in [-0.4, -0.2) is 13.0 Å². The van der Waals surface area contributed by atoms with Crippen molar-refractivity contribution >= 4 is 5.78 Å². The van der Waals surface area contributed by atoms with Crippen molar-refractivity contribution in [3.8, 4) is 0 Å². The maximum Gasteiger partial charge on any atom is 0.126 e. The van der Waals surface area contributed by atoms with Gasteiger partial charge in [0, 0.05) is 0 Å². The summed E-state index contributed by atoms with van der Waals surface area (Å²) in [6.45, 7) is 3.06. The Balaban J connectivity index is 0. The van der Waals surface area contributed by atoms with Crippen molar-refractivity contribution in [3.63, 3.8) is 0 Å². The van der Waals surface area contributed by atoms with Gasteiger partial charge in [-0.2, -0.15) is 0 Å². The number of carbonyl (C=O) groups excluding carboxylic acids is 1. The van der Waals surface area contributed by atoms with E-state index in [4.69, 9.17) is 0 Å². The molecule has 2 heteroatoms. The summed E-state index contributed by atoms with van der Waals surface area (Å²) in [5.41, 5.74) is 0. The van der Waals surface area contributed by atoms with Crippen molar-refractivity contribution in [2.75, 3.05) is 7.18 Å². The lowest BCUT2D eigenvalue weighted by molar-refractivity contribution is -0.114. The van der Waals surface area contributed by atoms with Crippen LogP contribution in [0.3, 0.4) is 0 Å². The van der Waals surface area contributed by atoms with Crippen LogP contribution >= 0.6 is 0 Å². The Morgan fingerprint density at radius 1 is 1.33 bits per heavy atom. The molecule has 0 aromatic rings. The second-order valence-electron chi connectivity index (χ2n) is 0.908. The van der Waals surface area contributed by atoms with E-state index in [1.807, 2.05) is 0 Å². The number of carbonyl (C=O) groups is 1. The number of alkyl halides is 1. The fourth-order valence-corrected chi connectivity index (χ4v) is 0. The minimum Gasteiger partial charge on any atom is -0.300 e. The SMILES string of the molecule is CC(C)=O.CF. The number of Topliss-reactive ketones (excluding diaryl/α,β-unsaturated/α-hetero) is 1. The predicted molar refractivity (Wildman–Crippen MR) is 23.4 cm³/mol. The second-order valence-corrected chi connectivity index (χ2v) is 0.908. The Bertz CT molecular complexity index is 30.5. The molecule has 0 bridgehead atoms. The Morgan fingerprint density at radius 2 is 1.33 bits per heavy atom. The standard InChI is InChI=1S/C3H6O.CH3F/c1-3(2)4;1-2/h1-2H3;1H3. The first-order valence-corrected chi connectivity index (χ1v) is 1.58. The van der Waals surface area contributed by atoms with Crippen LogP contribution in [0, 0.1) is 0 Å². The third-order valence-corrected chi connectivity index (χ3v) is 0. The normalized spacial score (nSPS) is 5.33. The van der Waals surface area contributed by atoms with Gasteiger partial charge in [-0.1, -0.05) is 0 Å². The summed E-state index contributed by atoms with van der Waals surface area (Å²) in [6, 6.07) is 0. The van der Waals surface area contributed by atoms with E-state index < -0.39 is 0 Å². The molecule has 0 spiro atoms. The van der Waals surface area contributed by atoms with Gasteiger partial charge < -0.3 is 4.79 Å². The zero-order valence-corrected chi connectivity index (χ0v) is 4.29. The summed E-state index contributed by atoms with van der Waals surface area (Å²) in [5.74, 6) is 0.167. The van der Waals surface area contributed by atoms with Crippen LogP contribution in [0.5, 0.6) is 0 Å². The fourth-order valence-electron chi connectivity index (χ4n) is 0. The van der Waals surface area contributed by atoms with Gasteiger partial charge in [-0.15, -0.1) is 0 Å². The molecule has 6 heavy (non-hydrogen) atoms. The van der Waals surface area contributed by atoms with E-state index in [1.165, 1.54) is 13.8 Å². The smallest absolute Gasteiger partial charge is 0.126 e. The van der Waals surface area contributed by atoms with Gasteiger partial charge in [0.1, 0.15) is 5.78 Å². The predicted octanol–water partition coefficient (Wildman–Crippen LogP) is 1.18. The molecule has 0 aliphatic heterocycles. The fraction of sp³-hybridized carbons (Fsp3) is 0.750. The first-order valence-electron chi connectivity index (χ1n) is 1.58. The van der Waals surface area contributed by atoms with E-state index in [1.54, 1.807) is 0 Å². The Kier molecular flexibility index (Phi) is 13.4. The first-order chi connectivity index (χ1) is 2.73. The van der Waals surface area contributed by atoms with Crippen LogP contribution in [-0.2, 0) is 4.79 Å². The molecule has 0 unspecified atom stereocenters. The van der Waals surface area contributed by atoms with E-state index in [0.29, 0.717) is 7.18 Å². The molecule has 0 rings (SSSR count). The summed E-state index contributed by atoms with van der Waals surface area (Å²) in [6.07, 6.45) is 0. The molecule has 0 N–H and O–H groups in total. The third-order valence-electron chi connectivity index (χ3n) is 0. The molecule has 0 aromatic carbocycles. The highest BCUT2D eigenvalue weighted by molar-refractivity contribution is 5.72. The highest BCUT2D eigenvalue weighted by Gasteiger charge is 1.62. The molecule has 0 saturated carbocycles. The van der Waals surface area contributed by atoms with E-state index in [9.17, 15) is 9.18 Å². The molecule has 0 heterocycles. The summed E-state index contributed by atoms with van der Waals surface area (Å²) in [7, 11) is 0.500. The molecule has 0 atom stereocenters. The van der Waals surface area contributed by atoms with Gasteiger partial charge in [0.2, 0.25) is 0 Å². The zero-order valence-electron chi connectivity index (χ0n) is 4.29. The Labute approximate surface area is 37.2 Å². The van der Waals surface area contributed by atoms with Crippen LogP contribution in [0.25, 0.3) is 0 Å². The highest BCUT2D eigenvalue weighted by atomic mass is 19.1. The van der Waals surface area contributed by atoms with Crippen LogP contribution in [0.1, 0.15) is 13.8 Å². The van der Waals surface area contributed by atoms with Gasteiger partial charge in [-0.05, 0) is 13.8 Å². The molecule has 38 valence electrons. The quantitative estimate of drug-likeness (QED) is 0.438. The largest absolute Gasteiger partial charge is 0.300 e. The summed E-state index contributed by atoms with van der Waals surface area (Å²) >= 11 is 0. The minimum atomic E-state index is 0.167. The molecule has 0 aliphatic rings. The molecule has 0 radical (unpaired) electrons. The molecule has 0 aliphatic carbocycles. The molecule has 0 fully saturated rings. The maximum absolute atomic E-state index is 9.50. The van der Waals surface area contributed by atoms with Crippen molar-refractivity contribution in [1.29, 1.82) is 0 Å². The zero-order chi connectivity index (χ0) is 5.58. The summed E-state index contributed by atoms with van der Waals surface area (Å²) in [5, 5.41) is 0. The second kappa shape index (κ2) is 8.82. The monoisotopic (exact) mass is 92.1 g/mol. The number of rotatable bonds is 0. The highest BCUT2D eigenvalue weighted by Crippen LogP contribution is 1.50. The average molecular weight is 92.1 g/mol. The van der Waals surface area contributed by atoms with Crippen molar-refractivity contribution < 1.29 is 9.18 Å². The lowest BCUT2D eigenvalue weighted by Crippen LogP contribution is -1.69. The molecule has 0 aromatic heterocycles. The topological polar surface area (TPSA) is 17.1 Å². The first kappa shape index (κ1) is 9.14. The van der Waals surface area contributed by atoms with Crippen molar-refractivity contribution in [1.82, 2.24) is 0 Å². The lowest BCUT2D eigenvalue weighted by atomic mass is 10.6. The number of ketones is 1. The Hall–Kier alpha value is -0.400. The van der Waals surface area contributed by atoms with Gasteiger partial charge in [0.05, 0.1) is 7.18 Å². The molecule has 0 saturated heterocycles. The van der Waals surface area contributed by atoms with E-state index >= 15 is 0 Å². The number of halogens is 1. The maximum atomic E-state index is 9.50. The number of hydrogen-bond acceptors (Lipinski definition) is 1. The van der Waals surface area contributed by atoms with Gasteiger partial charge in [-0.3, -0.25) is 4.39 Å². The van der Waals surface area contributed by atoms with Gasteiger partial charge in [-0.25, -0.2) is 0 Å². The molecular weight excluding hydrogens is 83.0 g/mol. The van der Waals surface area contributed by atoms with E-state index in [0.717, 1.165) is 0 Å². The molecule has 0 amide bonds. The van der Waals surface area contributed by atoms with E-state index in [-0.39, 0.29) is 5.78 Å². The van der Waals surface area contributed by atoms with Gasteiger partial charge >= 0.3 is 0 Å². The van der Waals surface area contributed by atoms with Crippen LogP contribution in [0.15, 0.2) is 0 Å². The summed E-state index contributed by atoms with van der Waals surface area (Å²) < 4.78 is 9.50.